The molecule has 0 aliphatic rings. The molecule has 3 rings (SSSR count). The van der Waals surface area contributed by atoms with E-state index in [1.807, 2.05) is 6.20 Å². The summed E-state index contributed by atoms with van der Waals surface area (Å²) >= 11 is 0. The van der Waals surface area contributed by atoms with Gasteiger partial charge in [0.05, 0.1) is 5.69 Å². The quantitative estimate of drug-likeness (QED) is 0.557. The van der Waals surface area contributed by atoms with Crippen molar-refractivity contribution in [3.8, 4) is 22.4 Å². The molecular formula is C22H23N. The molecule has 0 aliphatic carbocycles. The zero-order valence-electron chi connectivity index (χ0n) is 13.9. The molecule has 0 unspecified atom stereocenters. The lowest BCUT2D eigenvalue weighted by molar-refractivity contribution is 0.796. The Kier molecular flexibility index (Phi) is 4.87. The summed E-state index contributed by atoms with van der Waals surface area (Å²) in [6, 6.07) is 21.7. The fraction of sp³-hybridized carbons (Fsp3) is 0.227. The first-order valence-electron chi connectivity index (χ1n) is 8.39. The lowest BCUT2D eigenvalue weighted by atomic mass is 9.94. The van der Waals surface area contributed by atoms with E-state index >= 15 is 0 Å². The van der Waals surface area contributed by atoms with E-state index in [9.17, 15) is 0 Å². The van der Waals surface area contributed by atoms with Crippen LogP contribution in [0.5, 0.6) is 0 Å². The van der Waals surface area contributed by atoms with E-state index in [-0.39, 0.29) is 0 Å². The summed E-state index contributed by atoms with van der Waals surface area (Å²) < 4.78 is 0. The molecule has 1 nitrogen and oxygen atoms in total. The number of rotatable bonds is 5. The predicted molar refractivity (Wildman–Crippen MR) is 98.5 cm³/mol. The average molecular weight is 301 g/mol. The molecule has 116 valence electrons. The first kappa shape index (κ1) is 15.5. The molecule has 0 saturated carbocycles. The van der Waals surface area contributed by atoms with Crippen molar-refractivity contribution in [3.63, 3.8) is 0 Å². The van der Waals surface area contributed by atoms with Crippen LogP contribution >= 0.6 is 0 Å². The average Bonchev–Trinajstić information content (AvgIpc) is 2.61. The van der Waals surface area contributed by atoms with Crippen LogP contribution in [0.25, 0.3) is 22.4 Å². The summed E-state index contributed by atoms with van der Waals surface area (Å²) in [6.07, 6.45) is 5.52. The minimum atomic E-state index is 1.03. The van der Waals surface area contributed by atoms with Crippen LogP contribution in [-0.2, 0) is 6.42 Å². The Balaban J connectivity index is 1.98. The van der Waals surface area contributed by atoms with Crippen LogP contribution in [-0.4, -0.2) is 4.98 Å². The van der Waals surface area contributed by atoms with E-state index in [1.54, 1.807) is 0 Å². The maximum absolute atomic E-state index is 4.56. The second-order valence-electron chi connectivity index (χ2n) is 6.06. The number of unbranched alkanes of at least 4 members (excludes halogenated alkanes) is 1. The molecule has 2 aromatic carbocycles. The van der Waals surface area contributed by atoms with Crippen molar-refractivity contribution < 1.29 is 0 Å². The van der Waals surface area contributed by atoms with Gasteiger partial charge in [0.15, 0.2) is 0 Å². The van der Waals surface area contributed by atoms with Crippen LogP contribution in [0.4, 0.5) is 0 Å². The number of hydrogen-bond donors (Lipinski definition) is 0. The van der Waals surface area contributed by atoms with Gasteiger partial charge >= 0.3 is 0 Å². The molecule has 23 heavy (non-hydrogen) atoms. The number of hydrogen-bond acceptors (Lipinski definition) is 1. The zero-order valence-corrected chi connectivity index (χ0v) is 13.9. The van der Waals surface area contributed by atoms with Gasteiger partial charge in [0, 0.05) is 11.8 Å². The Morgan fingerprint density at radius 2 is 1.70 bits per heavy atom. The minimum Gasteiger partial charge on any atom is -0.256 e. The van der Waals surface area contributed by atoms with E-state index < -0.39 is 0 Å². The molecule has 1 aromatic heterocycles. The fourth-order valence-electron chi connectivity index (χ4n) is 2.87. The lowest BCUT2D eigenvalue weighted by Gasteiger charge is -2.11. The van der Waals surface area contributed by atoms with Crippen LogP contribution in [0, 0.1) is 6.92 Å². The van der Waals surface area contributed by atoms with Gasteiger partial charge in [-0.1, -0.05) is 61.9 Å². The van der Waals surface area contributed by atoms with E-state index in [2.05, 4.69) is 79.5 Å². The molecule has 0 aliphatic heterocycles. The maximum Gasteiger partial charge on any atom is 0.0702 e. The molecule has 0 atom stereocenters. The fourth-order valence-corrected chi connectivity index (χ4v) is 2.87. The third kappa shape index (κ3) is 3.68. The van der Waals surface area contributed by atoms with Crippen molar-refractivity contribution >= 4 is 0 Å². The Labute approximate surface area is 139 Å². The van der Waals surface area contributed by atoms with Gasteiger partial charge in [0.25, 0.3) is 0 Å². The molecule has 0 N–H and O–H groups in total. The van der Waals surface area contributed by atoms with Gasteiger partial charge in [-0.15, -0.1) is 0 Å². The molecule has 0 amide bonds. The third-order valence-electron chi connectivity index (χ3n) is 4.20. The summed E-state index contributed by atoms with van der Waals surface area (Å²) in [5.41, 5.74) is 7.45. The van der Waals surface area contributed by atoms with Crippen molar-refractivity contribution in [2.24, 2.45) is 0 Å². The van der Waals surface area contributed by atoms with Gasteiger partial charge in [-0.05, 0) is 54.2 Å². The molecule has 0 saturated heterocycles. The van der Waals surface area contributed by atoms with E-state index in [4.69, 9.17) is 0 Å². The highest BCUT2D eigenvalue weighted by Gasteiger charge is 2.06. The maximum atomic E-state index is 4.56. The highest BCUT2D eigenvalue weighted by molar-refractivity contribution is 5.73. The van der Waals surface area contributed by atoms with Gasteiger partial charge in [-0.2, -0.15) is 0 Å². The monoisotopic (exact) mass is 301 g/mol. The SMILES string of the molecule is CCCCc1ccccc1-c1cccc(-c2ccc(C)cn2)c1. The normalized spacial score (nSPS) is 10.7. The van der Waals surface area contributed by atoms with Crippen LogP contribution in [0.15, 0.2) is 66.9 Å². The van der Waals surface area contributed by atoms with Crippen LogP contribution < -0.4 is 0 Å². The Hall–Kier alpha value is -2.41. The topological polar surface area (TPSA) is 12.9 Å². The second kappa shape index (κ2) is 7.23. The van der Waals surface area contributed by atoms with Gasteiger partial charge in [0.1, 0.15) is 0 Å². The second-order valence-corrected chi connectivity index (χ2v) is 6.06. The molecular weight excluding hydrogens is 278 g/mol. The van der Waals surface area contributed by atoms with Crippen molar-refractivity contribution in [1.29, 1.82) is 0 Å². The summed E-state index contributed by atoms with van der Waals surface area (Å²) in [5, 5.41) is 0. The Bertz CT molecular complexity index is 772. The summed E-state index contributed by atoms with van der Waals surface area (Å²) in [7, 11) is 0. The molecule has 1 heterocycles. The number of aromatic nitrogens is 1. The van der Waals surface area contributed by atoms with Crippen molar-refractivity contribution in [2.75, 3.05) is 0 Å². The summed E-state index contributed by atoms with van der Waals surface area (Å²) in [6.45, 7) is 4.31. The molecule has 0 bridgehead atoms. The molecule has 0 radical (unpaired) electrons. The zero-order chi connectivity index (χ0) is 16.1. The van der Waals surface area contributed by atoms with Crippen LogP contribution in [0.1, 0.15) is 30.9 Å². The first-order chi connectivity index (χ1) is 11.3. The number of aryl methyl sites for hydroxylation is 2. The minimum absolute atomic E-state index is 1.03. The first-order valence-corrected chi connectivity index (χ1v) is 8.39. The highest BCUT2D eigenvalue weighted by atomic mass is 14.7. The number of nitrogens with zero attached hydrogens (tertiary/aromatic N) is 1. The van der Waals surface area contributed by atoms with E-state index in [0.717, 1.165) is 12.1 Å². The summed E-state index contributed by atoms with van der Waals surface area (Å²) in [4.78, 5) is 4.56. The Morgan fingerprint density at radius 3 is 2.48 bits per heavy atom. The number of benzene rings is 2. The largest absolute Gasteiger partial charge is 0.256 e. The molecule has 3 aromatic rings. The van der Waals surface area contributed by atoms with Crippen molar-refractivity contribution in [3.05, 3.63) is 78.0 Å². The van der Waals surface area contributed by atoms with Crippen LogP contribution in [0.3, 0.4) is 0 Å². The molecule has 0 fully saturated rings. The van der Waals surface area contributed by atoms with Crippen molar-refractivity contribution in [1.82, 2.24) is 4.98 Å². The lowest BCUT2D eigenvalue weighted by Crippen LogP contribution is -1.91. The standard InChI is InChI=1S/C22H23N/c1-3-4-8-18-9-5-6-12-21(18)19-10-7-11-20(15-19)22-14-13-17(2)16-23-22/h5-7,9-16H,3-4,8H2,1-2H3. The number of pyridine rings is 1. The summed E-state index contributed by atoms with van der Waals surface area (Å²) in [5.74, 6) is 0. The van der Waals surface area contributed by atoms with Crippen LogP contribution in [0.2, 0.25) is 0 Å². The predicted octanol–water partition coefficient (Wildman–Crippen LogP) is 6.07. The van der Waals surface area contributed by atoms with E-state index in [1.165, 1.54) is 40.7 Å². The van der Waals surface area contributed by atoms with Gasteiger partial charge in [-0.25, -0.2) is 0 Å². The molecule has 1 heteroatoms. The highest BCUT2D eigenvalue weighted by Crippen LogP contribution is 2.28. The molecule has 0 spiro atoms. The third-order valence-corrected chi connectivity index (χ3v) is 4.20. The van der Waals surface area contributed by atoms with Gasteiger partial charge < -0.3 is 0 Å². The van der Waals surface area contributed by atoms with Gasteiger partial charge in [0.2, 0.25) is 0 Å². The van der Waals surface area contributed by atoms with Gasteiger partial charge in [-0.3, -0.25) is 4.98 Å². The van der Waals surface area contributed by atoms with Crippen molar-refractivity contribution in [2.45, 2.75) is 33.1 Å². The Morgan fingerprint density at radius 1 is 0.870 bits per heavy atom. The van der Waals surface area contributed by atoms with E-state index in [0.29, 0.717) is 0 Å². The smallest absolute Gasteiger partial charge is 0.0702 e.